The Hall–Kier alpha value is -2.30. The number of benzene rings is 1. The summed E-state index contributed by atoms with van der Waals surface area (Å²) in [5, 5.41) is 25.1. The van der Waals surface area contributed by atoms with Gasteiger partial charge in [-0.3, -0.25) is 5.10 Å². The topological polar surface area (TPSA) is 86.2 Å². The number of aromatic hydroxyl groups is 1. The highest BCUT2D eigenvalue weighted by Crippen LogP contribution is 2.33. The van der Waals surface area contributed by atoms with Crippen molar-refractivity contribution in [3.63, 3.8) is 0 Å². The highest BCUT2D eigenvalue weighted by molar-refractivity contribution is 5.87. The normalized spacial score (nSPS) is 10.5. The molecule has 0 atom stereocenters. The number of rotatable bonds is 2. The molecule has 0 bridgehead atoms. The molecule has 17 heavy (non-hydrogen) atoms. The van der Waals surface area contributed by atoms with Crippen molar-refractivity contribution in [3.8, 4) is 17.0 Å². The number of carboxylic acid groups (broad SMARTS) is 1. The summed E-state index contributed by atoms with van der Waals surface area (Å²) in [5.74, 6) is -0.943. The first-order valence-corrected chi connectivity index (χ1v) is 5.09. The van der Waals surface area contributed by atoms with E-state index in [4.69, 9.17) is 5.11 Å². The monoisotopic (exact) mass is 232 g/mol. The van der Waals surface area contributed by atoms with E-state index >= 15 is 0 Å². The Morgan fingerprint density at radius 1 is 1.29 bits per heavy atom. The molecule has 0 fully saturated rings. The molecule has 5 nitrogen and oxygen atoms in total. The van der Waals surface area contributed by atoms with Crippen LogP contribution >= 0.6 is 0 Å². The molecular weight excluding hydrogens is 220 g/mol. The van der Waals surface area contributed by atoms with Crippen molar-refractivity contribution in [3.05, 3.63) is 35.0 Å². The van der Waals surface area contributed by atoms with Gasteiger partial charge in [0.25, 0.3) is 0 Å². The van der Waals surface area contributed by atoms with E-state index in [1.165, 1.54) is 6.07 Å². The van der Waals surface area contributed by atoms with Gasteiger partial charge in [-0.25, -0.2) is 4.79 Å². The second-order valence-electron chi connectivity index (χ2n) is 3.89. The Labute approximate surface area is 97.7 Å². The third-order valence-corrected chi connectivity index (χ3v) is 2.65. The standard InChI is InChI=1S/C12H12N2O3/c1-6-3-4-7(2)11(15)10(6)8-5-9(12(16)17)14-13-8/h3-5,15H,1-2H3,(H,13,14)(H,16,17). The van der Waals surface area contributed by atoms with Crippen molar-refractivity contribution in [1.29, 1.82) is 0 Å². The summed E-state index contributed by atoms with van der Waals surface area (Å²) < 4.78 is 0. The molecule has 1 aromatic heterocycles. The third kappa shape index (κ3) is 1.87. The van der Waals surface area contributed by atoms with E-state index in [2.05, 4.69) is 10.2 Å². The van der Waals surface area contributed by atoms with Crippen LogP contribution in [-0.4, -0.2) is 26.4 Å². The van der Waals surface area contributed by atoms with Crippen LogP contribution < -0.4 is 0 Å². The number of nitrogens with one attached hydrogen (secondary N) is 1. The Morgan fingerprint density at radius 2 is 1.94 bits per heavy atom. The smallest absolute Gasteiger partial charge is 0.353 e. The molecular formula is C12H12N2O3. The van der Waals surface area contributed by atoms with Gasteiger partial charge < -0.3 is 10.2 Å². The van der Waals surface area contributed by atoms with Crippen molar-refractivity contribution in [2.45, 2.75) is 13.8 Å². The van der Waals surface area contributed by atoms with Crippen molar-refractivity contribution in [2.75, 3.05) is 0 Å². The minimum absolute atomic E-state index is 0.000283. The summed E-state index contributed by atoms with van der Waals surface area (Å²) in [7, 11) is 0. The lowest BCUT2D eigenvalue weighted by molar-refractivity contribution is 0.0690. The van der Waals surface area contributed by atoms with E-state index in [9.17, 15) is 9.90 Å². The van der Waals surface area contributed by atoms with Crippen LogP contribution in [0.1, 0.15) is 21.6 Å². The lowest BCUT2D eigenvalue weighted by atomic mass is 10.0. The van der Waals surface area contributed by atoms with Crippen LogP contribution in [0.25, 0.3) is 11.3 Å². The number of carbonyl (C=O) groups is 1. The predicted molar refractivity (Wildman–Crippen MR) is 62.1 cm³/mol. The maximum atomic E-state index is 10.7. The van der Waals surface area contributed by atoms with Crippen molar-refractivity contribution in [1.82, 2.24) is 10.2 Å². The Bertz CT molecular complexity index is 587. The number of aryl methyl sites for hydroxylation is 2. The van der Waals surface area contributed by atoms with E-state index in [-0.39, 0.29) is 11.4 Å². The number of aromatic amines is 1. The van der Waals surface area contributed by atoms with Crippen LogP contribution in [-0.2, 0) is 0 Å². The van der Waals surface area contributed by atoms with Gasteiger partial charge in [-0.1, -0.05) is 12.1 Å². The molecule has 0 aliphatic carbocycles. The minimum Gasteiger partial charge on any atom is -0.507 e. The summed E-state index contributed by atoms with van der Waals surface area (Å²) in [6.07, 6.45) is 0. The molecule has 1 heterocycles. The van der Waals surface area contributed by atoms with Gasteiger partial charge in [0.1, 0.15) is 11.4 Å². The lowest BCUT2D eigenvalue weighted by Crippen LogP contribution is -1.95. The highest BCUT2D eigenvalue weighted by Gasteiger charge is 2.15. The summed E-state index contributed by atoms with van der Waals surface area (Å²) in [6.45, 7) is 3.62. The first kappa shape index (κ1) is 11.2. The molecule has 5 heteroatoms. The van der Waals surface area contributed by atoms with Crippen LogP contribution in [0.5, 0.6) is 5.75 Å². The molecule has 0 radical (unpaired) electrons. The van der Waals surface area contributed by atoms with Crippen LogP contribution in [0.2, 0.25) is 0 Å². The lowest BCUT2D eigenvalue weighted by Gasteiger charge is -2.07. The van der Waals surface area contributed by atoms with Crippen LogP contribution in [0.3, 0.4) is 0 Å². The third-order valence-electron chi connectivity index (χ3n) is 2.65. The number of hydrogen-bond donors (Lipinski definition) is 3. The maximum Gasteiger partial charge on any atom is 0.353 e. The van der Waals surface area contributed by atoms with E-state index in [0.717, 1.165) is 11.1 Å². The SMILES string of the molecule is Cc1ccc(C)c(-c2cc(C(=O)O)[nH]n2)c1O. The second kappa shape index (κ2) is 3.93. The van der Waals surface area contributed by atoms with Gasteiger partial charge in [-0.2, -0.15) is 5.10 Å². The quantitative estimate of drug-likeness (QED) is 0.740. The van der Waals surface area contributed by atoms with Crippen molar-refractivity contribution >= 4 is 5.97 Å². The number of H-pyrrole nitrogens is 1. The van der Waals surface area contributed by atoms with Gasteiger partial charge in [0.05, 0.1) is 5.69 Å². The van der Waals surface area contributed by atoms with Crippen molar-refractivity contribution < 1.29 is 15.0 Å². The van der Waals surface area contributed by atoms with E-state index in [1.54, 1.807) is 13.0 Å². The number of hydrogen-bond acceptors (Lipinski definition) is 3. The van der Waals surface area contributed by atoms with Gasteiger partial charge in [0.2, 0.25) is 0 Å². The molecule has 0 aliphatic heterocycles. The number of aromatic carboxylic acids is 1. The molecule has 0 amide bonds. The maximum absolute atomic E-state index is 10.7. The molecule has 2 aromatic rings. The fourth-order valence-corrected chi connectivity index (χ4v) is 1.68. The summed E-state index contributed by atoms with van der Waals surface area (Å²) in [6, 6.07) is 5.07. The minimum atomic E-state index is -1.08. The molecule has 0 unspecified atom stereocenters. The zero-order chi connectivity index (χ0) is 12.6. The van der Waals surface area contributed by atoms with Gasteiger partial charge in [0, 0.05) is 5.56 Å². The zero-order valence-corrected chi connectivity index (χ0v) is 9.48. The summed E-state index contributed by atoms with van der Waals surface area (Å²) in [5.41, 5.74) is 2.57. The fraction of sp³-hybridized carbons (Fsp3) is 0.167. The Kier molecular flexibility index (Phi) is 2.59. The number of aromatic nitrogens is 2. The van der Waals surface area contributed by atoms with Gasteiger partial charge in [-0.15, -0.1) is 0 Å². The van der Waals surface area contributed by atoms with Gasteiger partial charge in [0.15, 0.2) is 0 Å². The molecule has 0 spiro atoms. The zero-order valence-electron chi connectivity index (χ0n) is 9.48. The predicted octanol–water partition coefficient (Wildman–Crippen LogP) is 2.10. The number of nitrogens with zero attached hydrogens (tertiary/aromatic N) is 1. The molecule has 0 saturated carbocycles. The van der Waals surface area contributed by atoms with Crippen LogP contribution in [0.15, 0.2) is 18.2 Å². The average Bonchev–Trinajstić information content (AvgIpc) is 2.73. The van der Waals surface area contributed by atoms with E-state index in [0.29, 0.717) is 11.3 Å². The molecule has 2 rings (SSSR count). The molecule has 3 N–H and O–H groups in total. The number of phenolic OH excluding ortho intramolecular Hbond substituents is 1. The first-order valence-electron chi connectivity index (χ1n) is 5.09. The fourth-order valence-electron chi connectivity index (χ4n) is 1.68. The summed E-state index contributed by atoms with van der Waals surface area (Å²) in [4.78, 5) is 10.7. The number of carboxylic acids is 1. The average molecular weight is 232 g/mol. The Balaban J connectivity index is 2.60. The van der Waals surface area contributed by atoms with E-state index in [1.807, 2.05) is 13.0 Å². The largest absolute Gasteiger partial charge is 0.507 e. The summed E-state index contributed by atoms with van der Waals surface area (Å²) >= 11 is 0. The Morgan fingerprint density at radius 3 is 2.53 bits per heavy atom. The highest BCUT2D eigenvalue weighted by atomic mass is 16.4. The molecule has 88 valence electrons. The van der Waals surface area contributed by atoms with Crippen molar-refractivity contribution in [2.24, 2.45) is 0 Å². The van der Waals surface area contributed by atoms with Crippen LogP contribution in [0.4, 0.5) is 0 Å². The molecule has 0 aliphatic rings. The first-order chi connectivity index (χ1) is 8.00. The van der Waals surface area contributed by atoms with Crippen LogP contribution in [0, 0.1) is 13.8 Å². The van der Waals surface area contributed by atoms with Gasteiger partial charge in [-0.05, 0) is 31.0 Å². The molecule has 1 aromatic carbocycles. The van der Waals surface area contributed by atoms with E-state index < -0.39 is 5.97 Å². The van der Waals surface area contributed by atoms with Gasteiger partial charge >= 0.3 is 5.97 Å². The molecule has 0 saturated heterocycles. The second-order valence-corrected chi connectivity index (χ2v) is 3.89. The number of phenols is 1.